The molecule has 0 aromatic heterocycles. The van der Waals surface area contributed by atoms with E-state index >= 15 is 0 Å². The molecule has 1 aromatic carbocycles. The number of nitrogens with one attached hydrogen (secondary N) is 1. The molecule has 21 heavy (non-hydrogen) atoms. The van der Waals surface area contributed by atoms with Crippen LogP contribution in [0.4, 0.5) is 5.69 Å². The third-order valence-electron chi connectivity index (χ3n) is 3.73. The van der Waals surface area contributed by atoms with Gasteiger partial charge in [-0.25, -0.2) is 4.79 Å². The van der Waals surface area contributed by atoms with Gasteiger partial charge >= 0.3 is 16.2 Å². The number of carboxylic acids is 1. The van der Waals surface area contributed by atoms with Crippen LogP contribution >= 0.6 is 0 Å². The van der Waals surface area contributed by atoms with Crippen LogP contribution in [-0.4, -0.2) is 36.9 Å². The predicted octanol–water partition coefficient (Wildman–Crippen LogP) is 2.08. The number of nitrogens with zero attached hydrogens (tertiary/aromatic N) is 1. The van der Waals surface area contributed by atoms with Crippen molar-refractivity contribution in [3.63, 3.8) is 0 Å². The Morgan fingerprint density at radius 3 is 2.52 bits per heavy atom. The van der Waals surface area contributed by atoms with E-state index in [2.05, 4.69) is 11.6 Å². The van der Waals surface area contributed by atoms with E-state index in [1.165, 1.54) is 16.4 Å². The largest absolute Gasteiger partial charge is 0.478 e. The highest BCUT2D eigenvalue weighted by molar-refractivity contribution is 7.90. The molecular weight excluding hydrogens is 292 g/mol. The number of carbonyl (C=O) groups is 1. The SMILES string of the molecule is Cc1ccc(NS(=O)(=O)N2CCC(C)CC2)c(C(=O)O)c1. The first-order valence-electron chi connectivity index (χ1n) is 6.91. The van der Waals surface area contributed by atoms with Crippen molar-refractivity contribution in [1.29, 1.82) is 0 Å². The van der Waals surface area contributed by atoms with Gasteiger partial charge < -0.3 is 5.11 Å². The van der Waals surface area contributed by atoms with E-state index in [4.69, 9.17) is 0 Å². The molecule has 0 saturated carbocycles. The Labute approximate surface area is 125 Å². The van der Waals surface area contributed by atoms with Gasteiger partial charge in [0.2, 0.25) is 0 Å². The fourth-order valence-corrected chi connectivity index (χ4v) is 3.63. The zero-order chi connectivity index (χ0) is 15.6. The van der Waals surface area contributed by atoms with Crippen LogP contribution in [0.5, 0.6) is 0 Å². The van der Waals surface area contributed by atoms with Gasteiger partial charge in [0.25, 0.3) is 0 Å². The summed E-state index contributed by atoms with van der Waals surface area (Å²) in [5, 5.41) is 9.18. The second-order valence-electron chi connectivity index (χ2n) is 5.54. The average Bonchev–Trinajstić information content (AvgIpc) is 2.41. The molecule has 1 saturated heterocycles. The van der Waals surface area contributed by atoms with Gasteiger partial charge in [0, 0.05) is 13.1 Å². The molecule has 1 aliphatic rings. The Bertz CT molecular complexity index is 634. The van der Waals surface area contributed by atoms with E-state index in [0.29, 0.717) is 19.0 Å². The lowest BCUT2D eigenvalue weighted by atomic mass is 10.0. The van der Waals surface area contributed by atoms with Crippen LogP contribution < -0.4 is 4.72 Å². The molecule has 0 unspecified atom stereocenters. The first kappa shape index (κ1) is 15.8. The number of carboxylic acid groups (broad SMARTS) is 1. The molecule has 0 spiro atoms. The third kappa shape index (κ3) is 3.74. The van der Waals surface area contributed by atoms with Gasteiger partial charge in [-0.2, -0.15) is 12.7 Å². The Morgan fingerprint density at radius 1 is 1.33 bits per heavy atom. The number of aryl methyl sites for hydroxylation is 1. The second-order valence-corrected chi connectivity index (χ2v) is 7.21. The predicted molar refractivity (Wildman–Crippen MR) is 80.7 cm³/mol. The molecule has 2 rings (SSSR count). The van der Waals surface area contributed by atoms with Gasteiger partial charge in [0.15, 0.2) is 0 Å². The summed E-state index contributed by atoms with van der Waals surface area (Å²) in [6.45, 7) is 4.78. The van der Waals surface area contributed by atoms with Crippen LogP contribution in [0, 0.1) is 12.8 Å². The summed E-state index contributed by atoms with van der Waals surface area (Å²) in [4.78, 5) is 11.2. The molecule has 1 aliphatic heterocycles. The van der Waals surface area contributed by atoms with Crippen molar-refractivity contribution < 1.29 is 18.3 Å². The minimum Gasteiger partial charge on any atom is -0.478 e. The molecule has 116 valence electrons. The summed E-state index contributed by atoms with van der Waals surface area (Å²) >= 11 is 0. The van der Waals surface area contributed by atoms with Gasteiger partial charge in [-0.1, -0.05) is 18.6 Å². The average molecular weight is 312 g/mol. The Kier molecular flexibility index (Phi) is 4.53. The van der Waals surface area contributed by atoms with E-state index in [1.54, 1.807) is 13.0 Å². The number of benzene rings is 1. The molecule has 2 N–H and O–H groups in total. The molecule has 1 heterocycles. The molecule has 6 nitrogen and oxygen atoms in total. The number of rotatable bonds is 4. The molecule has 0 bridgehead atoms. The Hall–Kier alpha value is -1.60. The third-order valence-corrected chi connectivity index (χ3v) is 5.25. The van der Waals surface area contributed by atoms with E-state index < -0.39 is 16.2 Å². The zero-order valence-corrected chi connectivity index (χ0v) is 13.0. The van der Waals surface area contributed by atoms with Crippen LogP contribution in [-0.2, 0) is 10.2 Å². The van der Waals surface area contributed by atoms with E-state index in [1.807, 2.05) is 0 Å². The second kappa shape index (κ2) is 6.03. The lowest BCUT2D eigenvalue weighted by Crippen LogP contribution is -2.41. The number of aromatic carboxylic acids is 1. The number of anilines is 1. The summed E-state index contributed by atoms with van der Waals surface area (Å²) in [7, 11) is -3.71. The van der Waals surface area contributed by atoms with Crippen molar-refractivity contribution in [1.82, 2.24) is 4.31 Å². The van der Waals surface area contributed by atoms with Crippen molar-refractivity contribution in [2.75, 3.05) is 17.8 Å². The summed E-state index contributed by atoms with van der Waals surface area (Å²) in [5.74, 6) is -0.630. The van der Waals surface area contributed by atoms with Crippen LogP contribution in [0.25, 0.3) is 0 Å². The fraction of sp³-hybridized carbons (Fsp3) is 0.500. The summed E-state index contributed by atoms with van der Waals surface area (Å²) in [6, 6.07) is 4.63. The summed E-state index contributed by atoms with van der Waals surface area (Å²) in [5.41, 5.74) is 0.831. The topological polar surface area (TPSA) is 86.7 Å². The van der Waals surface area contributed by atoms with E-state index in [9.17, 15) is 18.3 Å². The lowest BCUT2D eigenvalue weighted by molar-refractivity contribution is 0.0698. The summed E-state index contributed by atoms with van der Waals surface area (Å²) in [6.07, 6.45) is 1.64. The fourth-order valence-electron chi connectivity index (χ4n) is 2.35. The maximum absolute atomic E-state index is 12.3. The van der Waals surface area contributed by atoms with Crippen LogP contribution in [0.2, 0.25) is 0 Å². The quantitative estimate of drug-likeness (QED) is 0.891. The van der Waals surface area contributed by atoms with Crippen LogP contribution in [0.3, 0.4) is 0 Å². The smallest absolute Gasteiger partial charge is 0.337 e. The van der Waals surface area contributed by atoms with E-state index in [0.717, 1.165) is 18.4 Å². The van der Waals surface area contributed by atoms with E-state index in [-0.39, 0.29) is 11.3 Å². The van der Waals surface area contributed by atoms with Gasteiger partial charge in [0.05, 0.1) is 11.3 Å². The molecular formula is C14H20N2O4S. The monoisotopic (exact) mass is 312 g/mol. The number of hydrogen-bond acceptors (Lipinski definition) is 3. The Balaban J connectivity index is 2.23. The zero-order valence-electron chi connectivity index (χ0n) is 12.2. The van der Waals surface area contributed by atoms with Gasteiger partial charge in [-0.05, 0) is 37.8 Å². The van der Waals surface area contributed by atoms with Gasteiger partial charge in [0.1, 0.15) is 0 Å². The van der Waals surface area contributed by atoms with Gasteiger partial charge in [-0.15, -0.1) is 0 Å². The van der Waals surface area contributed by atoms with Crippen molar-refractivity contribution in [3.05, 3.63) is 29.3 Å². The molecule has 0 aliphatic carbocycles. The molecule has 0 atom stereocenters. The molecule has 1 aromatic rings. The normalized spacial score (nSPS) is 17.6. The highest BCUT2D eigenvalue weighted by Gasteiger charge is 2.27. The van der Waals surface area contributed by atoms with Crippen molar-refractivity contribution in [3.8, 4) is 0 Å². The van der Waals surface area contributed by atoms with Crippen molar-refractivity contribution in [2.45, 2.75) is 26.7 Å². The molecule has 0 radical (unpaired) electrons. The van der Waals surface area contributed by atoms with Crippen molar-refractivity contribution >= 4 is 21.9 Å². The highest BCUT2D eigenvalue weighted by atomic mass is 32.2. The first-order chi connectivity index (χ1) is 9.79. The number of piperidine rings is 1. The van der Waals surface area contributed by atoms with Crippen LogP contribution in [0.1, 0.15) is 35.7 Å². The van der Waals surface area contributed by atoms with Gasteiger partial charge in [-0.3, -0.25) is 4.72 Å². The van der Waals surface area contributed by atoms with Crippen molar-refractivity contribution in [2.24, 2.45) is 5.92 Å². The molecule has 1 fully saturated rings. The maximum Gasteiger partial charge on any atom is 0.337 e. The highest BCUT2D eigenvalue weighted by Crippen LogP contribution is 2.23. The lowest BCUT2D eigenvalue weighted by Gasteiger charge is -2.29. The standard InChI is InChI=1S/C14H20N2O4S/c1-10-5-7-16(8-6-10)21(19,20)15-13-4-3-11(2)9-12(13)14(17)18/h3-4,9-10,15H,5-8H2,1-2H3,(H,17,18). The number of hydrogen-bond donors (Lipinski definition) is 2. The summed E-state index contributed by atoms with van der Waals surface area (Å²) < 4.78 is 28.5. The Morgan fingerprint density at radius 2 is 1.95 bits per heavy atom. The maximum atomic E-state index is 12.3. The van der Waals surface area contributed by atoms with Crippen LogP contribution in [0.15, 0.2) is 18.2 Å². The minimum absolute atomic E-state index is 0.0380. The molecule has 7 heteroatoms. The minimum atomic E-state index is -3.71. The molecule has 0 amide bonds. The first-order valence-corrected chi connectivity index (χ1v) is 8.35.